The number of aliphatic imine (C=N–C) groups is 1. The van der Waals surface area contributed by atoms with Crippen molar-refractivity contribution in [3.05, 3.63) is 11.3 Å². The fourth-order valence-electron chi connectivity index (χ4n) is 0.504. The molecule has 4 heteroatoms. The summed E-state index contributed by atoms with van der Waals surface area (Å²) in [4.78, 5) is 23.8. The van der Waals surface area contributed by atoms with Crippen LogP contribution in [0.4, 0.5) is 0 Å². The second kappa shape index (κ2) is 4.41. The van der Waals surface area contributed by atoms with Crippen molar-refractivity contribution in [1.29, 1.82) is 0 Å². The maximum absolute atomic E-state index is 10.8. The molecule has 0 N–H and O–H groups in total. The van der Waals surface area contributed by atoms with Crippen LogP contribution >= 0.6 is 0 Å². The van der Waals surface area contributed by atoms with Gasteiger partial charge in [-0.25, -0.2) is 9.59 Å². The van der Waals surface area contributed by atoms with Gasteiger partial charge in [-0.05, 0) is 19.4 Å². The zero-order valence-corrected chi connectivity index (χ0v) is 6.67. The Hall–Kier alpha value is -1.41. The largest absolute Gasteiger partial charge is 0.464 e. The van der Waals surface area contributed by atoms with E-state index in [-0.39, 0.29) is 5.70 Å². The Kier molecular flexibility index (Phi) is 3.85. The number of hydrogen-bond donors (Lipinski definition) is 0. The summed E-state index contributed by atoms with van der Waals surface area (Å²) >= 11 is 0. The van der Waals surface area contributed by atoms with Crippen molar-refractivity contribution < 1.29 is 14.3 Å². The van der Waals surface area contributed by atoms with Crippen LogP contribution in [-0.2, 0) is 14.3 Å². The summed E-state index contributed by atoms with van der Waals surface area (Å²) < 4.78 is 4.36. The van der Waals surface area contributed by atoms with E-state index in [4.69, 9.17) is 0 Å². The molecule has 0 spiro atoms. The van der Waals surface area contributed by atoms with Crippen molar-refractivity contribution in [2.75, 3.05) is 7.11 Å². The predicted molar refractivity (Wildman–Crippen MR) is 38.5 cm³/mol. The van der Waals surface area contributed by atoms with Crippen LogP contribution in [0, 0.1) is 0 Å². The lowest BCUT2D eigenvalue weighted by atomic mass is 10.3. The molecule has 4 nitrogen and oxygen atoms in total. The third kappa shape index (κ3) is 2.78. The lowest BCUT2D eigenvalue weighted by Crippen LogP contribution is -2.03. The average molecular weight is 155 g/mol. The van der Waals surface area contributed by atoms with Gasteiger partial charge < -0.3 is 4.74 Å². The Morgan fingerprint density at radius 1 is 1.45 bits per heavy atom. The molecule has 60 valence electrons. The first-order chi connectivity index (χ1) is 5.13. The predicted octanol–water partition coefficient (Wildman–Crippen LogP) is 0.789. The zero-order valence-electron chi connectivity index (χ0n) is 6.67. The molecule has 11 heavy (non-hydrogen) atoms. The summed E-state index contributed by atoms with van der Waals surface area (Å²) in [7, 11) is 1.23. The maximum Gasteiger partial charge on any atom is 0.357 e. The van der Waals surface area contributed by atoms with Crippen molar-refractivity contribution in [3.8, 4) is 0 Å². The minimum Gasteiger partial charge on any atom is -0.464 e. The molecule has 0 aliphatic heterocycles. The SMILES string of the molecule is COC(=O)C(N=C=O)=C(C)C. The highest BCUT2D eigenvalue weighted by Crippen LogP contribution is 2.05. The molecule has 0 atom stereocenters. The summed E-state index contributed by atoms with van der Waals surface area (Å²) in [5.41, 5.74) is 0.641. The molecule has 0 aliphatic rings. The molecule has 0 rings (SSSR count). The Morgan fingerprint density at radius 3 is 2.27 bits per heavy atom. The van der Waals surface area contributed by atoms with Gasteiger partial charge in [0.05, 0.1) is 7.11 Å². The fraction of sp³-hybridized carbons (Fsp3) is 0.429. The maximum atomic E-state index is 10.8. The van der Waals surface area contributed by atoms with Gasteiger partial charge in [0.2, 0.25) is 6.08 Å². The number of nitrogens with zero attached hydrogens (tertiary/aromatic N) is 1. The molecule has 0 unspecified atom stereocenters. The number of allylic oxidation sites excluding steroid dienone is 1. The fourth-order valence-corrected chi connectivity index (χ4v) is 0.504. The Balaban J connectivity index is 4.77. The molecule has 0 aromatic rings. The van der Waals surface area contributed by atoms with Crippen molar-refractivity contribution in [2.45, 2.75) is 13.8 Å². The van der Waals surface area contributed by atoms with Gasteiger partial charge in [-0.2, -0.15) is 4.99 Å². The third-order valence-corrected chi connectivity index (χ3v) is 1.01. The summed E-state index contributed by atoms with van der Waals surface area (Å²) in [5.74, 6) is -0.617. The summed E-state index contributed by atoms with van der Waals surface area (Å²) in [6.07, 6.45) is 1.28. The standard InChI is InChI=1S/C7H9NO3/c1-5(2)6(8-4-9)7(10)11-3/h1-3H3. The zero-order chi connectivity index (χ0) is 8.85. The number of esters is 1. The van der Waals surface area contributed by atoms with Crippen molar-refractivity contribution in [2.24, 2.45) is 4.99 Å². The third-order valence-electron chi connectivity index (χ3n) is 1.01. The Labute approximate surface area is 64.6 Å². The molecule has 0 fully saturated rings. The highest BCUT2D eigenvalue weighted by Gasteiger charge is 2.09. The molecule has 0 aromatic carbocycles. The summed E-state index contributed by atoms with van der Waals surface area (Å²) in [5, 5.41) is 0. The molecule has 0 heterocycles. The van der Waals surface area contributed by atoms with E-state index >= 15 is 0 Å². The molecule has 0 saturated carbocycles. The second-order valence-corrected chi connectivity index (χ2v) is 2.04. The van der Waals surface area contributed by atoms with E-state index < -0.39 is 5.97 Å². The monoisotopic (exact) mass is 155 g/mol. The number of carbonyl (C=O) groups excluding carboxylic acids is 2. The summed E-state index contributed by atoms with van der Waals surface area (Å²) in [6, 6.07) is 0. The van der Waals surface area contributed by atoms with Gasteiger partial charge in [0.1, 0.15) is 0 Å². The summed E-state index contributed by atoms with van der Waals surface area (Å²) in [6.45, 7) is 3.32. The van der Waals surface area contributed by atoms with Crippen molar-refractivity contribution >= 4 is 12.0 Å². The van der Waals surface area contributed by atoms with Gasteiger partial charge in [0.15, 0.2) is 5.70 Å². The van der Waals surface area contributed by atoms with Gasteiger partial charge in [0.25, 0.3) is 0 Å². The quantitative estimate of drug-likeness (QED) is 0.256. The molecule has 0 aliphatic carbocycles. The smallest absolute Gasteiger partial charge is 0.357 e. The highest BCUT2D eigenvalue weighted by atomic mass is 16.5. The molecule has 0 radical (unpaired) electrons. The van der Waals surface area contributed by atoms with E-state index in [1.165, 1.54) is 13.2 Å². The highest BCUT2D eigenvalue weighted by molar-refractivity contribution is 5.89. The van der Waals surface area contributed by atoms with Crippen LogP contribution in [0.2, 0.25) is 0 Å². The first kappa shape index (κ1) is 9.59. The first-order valence-electron chi connectivity index (χ1n) is 2.97. The number of carbonyl (C=O) groups is 1. The van der Waals surface area contributed by atoms with Gasteiger partial charge in [-0.3, -0.25) is 0 Å². The normalized spacial score (nSPS) is 7.91. The van der Waals surface area contributed by atoms with Crippen LogP contribution in [0.15, 0.2) is 16.3 Å². The van der Waals surface area contributed by atoms with Crippen molar-refractivity contribution in [3.63, 3.8) is 0 Å². The number of hydrogen-bond acceptors (Lipinski definition) is 4. The second-order valence-electron chi connectivity index (χ2n) is 2.04. The van der Waals surface area contributed by atoms with Crippen molar-refractivity contribution in [1.82, 2.24) is 0 Å². The van der Waals surface area contributed by atoms with Gasteiger partial charge in [-0.1, -0.05) is 0 Å². The number of ether oxygens (including phenoxy) is 1. The van der Waals surface area contributed by atoms with Crippen LogP contribution in [0.1, 0.15) is 13.8 Å². The van der Waals surface area contributed by atoms with Crippen LogP contribution in [0.3, 0.4) is 0 Å². The molecule has 0 bridgehead atoms. The van der Waals surface area contributed by atoms with Gasteiger partial charge >= 0.3 is 5.97 Å². The Morgan fingerprint density at radius 2 is 2.00 bits per heavy atom. The van der Waals surface area contributed by atoms with E-state index in [1.54, 1.807) is 13.8 Å². The number of methoxy groups -OCH3 is 1. The van der Waals surface area contributed by atoms with Crippen LogP contribution in [-0.4, -0.2) is 19.2 Å². The molecule has 0 saturated heterocycles. The first-order valence-corrected chi connectivity index (χ1v) is 2.97. The average Bonchev–Trinajstić information content (AvgIpc) is 1.98. The van der Waals surface area contributed by atoms with Crippen LogP contribution < -0.4 is 0 Å². The van der Waals surface area contributed by atoms with Crippen LogP contribution in [0.25, 0.3) is 0 Å². The molecule has 0 aromatic heterocycles. The lowest BCUT2D eigenvalue weighted by molar-refractivity contribution is -0.136. The van der Waals surface area contributed by atoms with E-state index in [0.717, 1.165) is 0 Å². The molecule has 0 amide bonds. The number of isocyanates is 1. The van der Waals surface area contributed by atoms with E-state index in [0.29, 0.717) is 5.57 Å². The Bertz CT molecular complexity index is 232. The van der Waals surface area contributed by atoms with E-state index in [2.05, 4.69) is 9.73 Å². The number of rotatable bonds is 2. The van der Waals surface area contributed by atoms with Crippen LogP contribution in [0.5, 0.6) is 0 Å². The minimum absolute atomic E-state index is 0.0162. The molecular weight excluding hydrogens is 146 g/mol. The molecular formula is C7H9NO3. The van der Waals surface area contributed by atoms with Gasteiger partial charge in [-0.15, -0.1) is 0 Å². The van der Waals surface area contributed by atoms with E-state index in [1.807, 2.05) is 0 Å². The lowest BCUT2D eigenvalue weighted by Gasteiger charge is -1.97. The van der Waals surface area contributed by atoms with Gasteiger partial charge in [0, 0.05) is 0 Å². The topological polar surface area (TPSA) is 55.7 Å². The minimum atomic E-state index is -0.617. The van der Waals surface area contributed by atoms with E-state index in [9.17, 15) is 9.59 Å².